The zero-order chi connectivity index (χ0) is 13.7. The third-order valence-electron chi connectivity index (χ3n) is 5.17. The molecule has 1 heterocycles. The van der Waals surface area contributed by atoms with Gasteiger partial charge in [-0.15, -0.1) is 0 Å². The minimum atomic E-state index is 0.136. The predicted molar refractivity (Wildman–Crippen MR) is 79.3 cm³/mol. The zero-order valence-electron chi connectivity index (χ0n) is 11.9. The first-order chi connectivity index (χ1) is 9.79. The third-order valence-corrected chi connectivity index (χ3v) is 5.17. The van der Waals surface area contributed by atoms with Crippen molar-refractivity contribution in [2.24, 2.45) is 17.6 Å². The van der Waals surface area contributed by atoms with Crippen LogP contribution in [0.1, 0.15) is 42.0 Å². The number of benzene rings is 1. The highest BCUT2D eigenvalue weighted by atomic mass is 15.3. The molecule has 2 aliphatic rings. The normalized spacial score (nSPS) is 28.6. The van der Waals surface area contributed by atoms with Gasteiger partial charge in [-0.1, -0.05) is 24.3 Å². The lowest BCUT2D eigenvalue weighted by atomic mass is 9.92. The molecule has 4 unspecified atom stereocenters. The van der Waals surface area contributed by atoms with Crippen LogP contribution in [-0.2, 0) is 13.0 Å². The van der Waals surface area contributed by atoms with E-state index in [2.05, 4.69) is 42.5 Å². The largest absolute Gasteiger partial charge is 0.324 e. The number of aryl methyl sites for hydroxylation is 2. The van der Waals surface area contributed by atoms with Crippen molar-refractivity contribution in [3.8, 4) is 0 Å². The van der Waals surface area contributed by atoms with Crippen LogP contribution in [0, 0.1) is 11.8 Å². The van der Waals surface area contributed by atoms with E-state index in [1.165, 1.54) is 24.0 Å². The van der Waals surface area contributed by atoms with Gasteiger partial charge in [0.15, 0.2) is 0 Å². The molecule has 1 saturated carbocycles. The number of fused-ring (bicyclic) bond motifs is 3. The summed E-state index contributed by atoms with van der Waals surface area (Å²) >= 11 is 0. The van der Waals surface area contributed by atoms with Gasteiger partial charge in [-0.05, 0) is 48.6 Å². The Morgan fingerprint density at radius 1 is 1.40 bits per heavy atom. The van der Waals surface area contributed by atoms with Gasteiger partial charge in [-0.2, -0.15) is 5.10 Å². The molecule has 4 atom stereocenters. The molecular weight excluding hydrogens is 246 g/mol. The monoisotopic (exact) mass is 267 g/mol. The van der Waals surface area contributed by atoms with Crippen LogP contribution in [0.3, 0.4) is 0 Å². The SMILES string of the molecule is CCn1cc(C(N)C2C3CCc4ccccc4C32)cn1. The molecule has 1 fully saturated rings. The van der Waals surface area contributed by atoms with Crippen molar-refractivity contribution in [3.63, 3.8) is 0 Å². The summed E-state index contributed by atoms with van der Waals surface area (Å²) in [7, 11) is 0. The lowest BCUT2D eigenvalue weighted by Gasteiger charge is -2.13. The molecular formula is C17H21N3. The van der Waals surface area contributed by atoms with E-state index in [0.717, 1.165) is 12.5 Å². The van der Waals surface area contributed by atoms with Gasteiger partial charge < -0.3 is 5.73 Å². The highest BCUT2D eigenvalue weighted by molar-refractivity contribution is 5.40. The Bertz CT molecular complexity index is 631. The van der Waals surface area contributed by atoms with Crippen molar-refractivity contribution in [3.05, 3.63) is 53.3 Å². The van der Waals surface area contributed by atoms with Gasteiger partial charge >= 0.3 is 0 Å². The molecule has 0 radical (unpaired) electrons. The average molecular weight is 267 g/mol. The van der Waals surface area contributed by atoms with Crippen LogP contribution in [0.15, 0.2) is 36.7 Å². The summed E-state index contributed by atoms with van der Waals surface area (Å²) < 4.78 is 1.97. The fourth-order valence-corrected chi connectivity index (χ4v) is 4.06. The van der Waals surface area contributed by atoms with E-state index in [1.807, 2.05) is 10.9 Å². The molecule has 0 amide bonds. The summed E-state index contributed by atoms with van der Waals surface area (Å²) in [5.74, 6) is 2.07. The van der Waals surface area contributed by atoms with E-state index in [-0.39, 0.29) is 6.04 Å². The van der Waals surface area contributed by atoms with Crippen molar-refractivity contribution in [1.82, 2.24) is 9.78 Å². The second-order valence-electron chi connectivity index (χ2n) is 6.16. The Morgan fingerprint density at radius 3 is 3.05 bits per heavy atom. The van der Waals surface area contributed by atoms with Gasteiger partial charge in [0.25, 0.3) is 0 Å². The highest BCUT2D eigenvalue weighted by Crippen LogP contribution is 2.63. The number of hydrogen-bond acceptors (Lipinski definition) is 2. The first-order valence-electron chi connectivity index (χ1n) is 7.65. The topological polar surface area (TPSA) is 43.8 Å². The molecule has 1 aromatic carbocycles. The summed E-state index contributed by atoms with van der Waals surface area (Å²) in [6.45, 7) is 3.02. The molecule has 0 bridgehead atoms. The van der Waals surface area contributed by atoms with Crippen LogP contribution in [0.2, 0.25) is 0 Å². The van der Waals surface area contributed by atoms with Gasteiger partial charge in [0.1, 0.15) is 0 Å². The molecule has 0 aliphatic heterocycles. The van der Waals surface area contributed by atoms with Crippen LogP contribution in [-0.4, -0.2) is 9.78 Å². The van der Waals surface area contributed by atoms with Crippen molar-refractivity contribution in [1.29, 1.82) is 0 Å². The highest BCUT2D eigenvalue weighted by Gasteiger charge is 2.55. The van der Waals surface area contributed by atoms with Gasteiger partial charge in [0.05, 0.1) is 6.20 Å². The summed E-state index contributed by atoms with van der Waals surface area (Å²) in [4.78, 5) is 0. The van der Waals surface area contributed by atoms with E-state index >= 15 is 0 Å². The summed E-state index contributed by atoms with van der Waals surface area (Å²) in [6, 6.07) is 9.03. The average Bonchev–Trinajstić information content (AvgIpc) is 3.04. The van der Waals surface area contributed by atoms with E-state index in [1.54, 1.807) is 5.56 Å². The number of rotatable bonds is 3. The van der Waals surface area contributed by atoms with Crippen LogP contribution in [0.5, 0.6) is 0 Å². The quantitative estimate of drug-likeness (QED) is 0.929. The molecule has 4 rings (SSSR count). The molecule has 3 heteroatoms. The molecule has 1 aromatic heterocycles. The number of hydrogen-bond donors (Lipinski definition) is 1. The molecule has 20 heavy (non-hydrogen) atoms. The van der Waals surface area contributed by atoms with E-state index < -0.39 is 0 Å². The smallest absolute Gasteiger partial charge is 0.0537 e. The second-order valence-corrected chi connectivity index (χ2v) is 6.16. The second kappa shape index (κ2) is 4.45. The molecule has 2 aliphatic carbocycles. The Balaban J connectivity index is 1.60. The Morgan fingerprint density at radius 2 is 2.25 bits per heavy atom. The van der Waals surface area contributed by atoms with E-state index in [0.29, 0.717) is 11.8 Å². The maximum atomic E-state index is 6.53. The first kappa shape index (κ1) is 12.2. The van der Waals surface area contributed by atoms with Crippen LogP contribution in [0.25, 0.3) is 0 Å². The number of nitrogens with two attached hydrogens (primary N) is 1. The van der Waals surface area contributed by atoms with Crippen molar-refractivity contribution >= 4 is 0 Å². The predicted octanol–water partition coefficient (Wildman–Crippen LogP) is 2.88. The standard InChI is InChI=1S/C17H21N3/c1-2-20-10-12(9-19-20)17(18)16-14-8-7-11-5-3-4-6-13(11)15(14)16/h3-6,9-10,14-17H,2,7-8,18H2,1H3. The van der Waals surface area contributed by atoms with Crippen molar-refractivity contribution in [2.45, 2.75) is 38.3 Å². The van der Waals surface area contributed by atoms with Gasteiger partial charge in [-0.25, -0.2) is 0 Å². The minimum Gasteiger partial charge on any atom is -0.324 e. The van der Waals surface area contributed by atoms with Crippen molar-refractivity contribution < 1.29 is 0 Å². The molecule has 104 valence electrons. The molecule has 0 spiro atoms. The number of nitrogens with zero attached hydrogens (tertiary/aromatic N) is 2. The molecule has 2 aromatic rings. The van der Waals surface area contributed by atoms with Crippen LogP contribution >= 0.6 is 0 Å². The van der Waals surface area contributed by atoms with Gasteiger partial charge in [0, 0.05) is 24.3 Å². The maximum Gasteiger partial charge on any atom is 0.0537 e. The Labute approximate surface area is 119 Å². The summed E-state index contributed by atoms with van der Waals surface area (Å²) in [6.07, 6.45) is 6.57. The molecule has 0 saturated heterocycles. The fraction of sp³-hybridized carbons (Fsp3) is 0.471. The van der Waals surface area contributed by atoms with E-state index in [9.17, 15) is 0 Å². The van der Waals surface area contributed by atoms with Crippen LogP contribution < -0.4 is 5.73 Å². The summed E-state index contributed by atoms with van der Waals surface area (Å²) in [5.41, 5.74) is 10.8. The van der Waals surface area contributed by atoms with E-state index in [4.69, 9.17) is 5.73 Å². The fourth-order valence-electron chi connectivity index (χ4n) is 4.06. The first-order valence-corrected chi connectivity index (χ1v) is 7.65. The zero-order valence-corrected chi connectivity index (χ0v) is 11.9. The number of aromatic nitrogens is 2. The van der Waals surface area contributed by atoms with Gasteiger partial charge in [-0.3, -0.25) is 4.68 Å². The lowest BCUT2D eigenvalue weighted by Crippen LogP contribution is -2.13. The third kappa shape index (κ3) is 1.73. The summed E-state index contributed by atoms with van der Waals surface area (Å²) in [5, 5.41) is 4.36. The molecule has 2 N–H and O–H groups in total. The lowest BCUT2D eigenvalue weighted by molar-refractivity contribution is 0.554. The Hall–Kier alpha value is -1.61. The Kier molecular flexibility index (Phi) is 2.71. The maximum absolute atomic E-state index is 6.53. The molecule has 3 nitrogen and oxygen atoms in total. The minimum absolute atomic E-state index is 0.136. The van der Waals surface area contributed by atoms with Crippen molar-refractivity contribution in [2.75, 3.05) is 0 Å². The van der Waals surface area contributed by atoms with Gasteiger partial charge in [0.2, 0.25) is 0 Å². The van der Waals surface area contributed by atoms with Crippen LogP contribution in [0.4, 0.5) is 0 Å².